The lowest BCUT2D eigenvalue weighted by Crippen LogP contribution is -2.22. The summed E-state index contributed by atoms with van der Waals surface area (Å²) in [7, 11) is 0. The van der Waals surface area contributed by atoms with Crippen LogP contribution in [0.3, 0.4) is 0 Å². The van der Waals surface area contributed by atoms with Gasteiger partial charge in [0.15, 0.2) is 10.9 Å². The van der Waals surface area contributed by atoms with Crippen molar-refractivity contribution < 1.29 is 4.79 Å². The first-order valence-electron chi connectivity index (χ1n) is 8.07. The molecule has 126 valence electrons. The number of para-hydroxylation sites is 1. The number of ketones is 1. The van der Waals surface area contributed by atoms with Gasteiger partial charge in [0, 0.05) is 11.6 Å². The predicted molar refractivity (Wildman–Crippen MR) is 101 cm³/mol. The zero-order valence-corrected chi connectivity index (χ0v) is 14.9. The van der Waals surface area contributed by atoms with Crippen molar-refractivity contribution in [2.75, 3.05) is 5.75 Å². The molecule has 0 atom stereocenters. The van der Waals surface area contributed by atoms with Gasteiger partial charge in [-0.05, 0) is 37.1 Å². The summed E-state index contributed by atoms with van der Waals surface area (Å²) in [6.45, 7) is 0. The van der Waals surface area contributed by atoms with Gasteiger partial charge in [0.1, 0.15) is 0 Å². The third-order valence-corrected chi connectivity index (χ3v) is 5.48. The Morgan fingerprint density at radius 2 is 1.88 bits per heavy atom. The number of halogens is 1. The standard InChI is InChI=1S/C19H15ClN2O2S/c20-15-7-3-1-5-13(15)17(23)11-25-19-21-16-8-4-2-6-14(16)18(24)22(19)12-9-10-12/h1-8,12H,9-11H2. The van der Waals surface area contributed by atoms with Gasteiger partial charge in [0.05, 0.1) is 21.7 Å². The molecule has 25 heavy (non-hydrogen) atoms. The molecule has 0 aliphatic heterocycles. The van der Waals surface area contributed by atoms with E-state index in [0.717, 1.165) is 12.8 Å². The van der Waals surface area contributed by atoms with Crippen molar-refractivity contribution in [2.24, 2.45) is 0 Å². The fourth-order valence-electron chi connectivity index (χ4n) is 2.78. The van der Waals surface area contributed by atoms with Crippen LogP contribution >= 0.6 is 23.4 Å². The number of aromatic nitrogens is 2. The lowest BCUT2D eigenvalue weighted by atomic mass is 10.1. The topological polar surface area (TPSA) is 52.0 Å². The number of carbonyl (C=O) groups excluding carboxylic acids is 1. The monoisotopic (exact) mass is 370 g/mol. The second kappa shape index (κ2) is 6.65. The molecule has 4 rings (SSSR count). The summed E-state index contributed by atoms with van der Waals surface area (Å²) >= 11 is 7.39. The first-order chi connectivity index (χ1) is 12.1. The minimum atomic E-state index is -0.0691. The number of Topliss-reactive ketones (excluding diaryl/α,β-unsaturated/α-hetero) is 1. The number of rotatable bonds is 5. The minimum Gasteiger partial charge on any atom is -0.293 e. The normalized spacial score (nSPS) is 14.0. The number of fused-ring (bicyclic) bond motifs is 1. The third-order valence-electron chi connectivity index (χ3n) is 4.19. The summed E-state index contributed by atoms with van der Waals surface area (Å²) in [4.78, 5) is 29.9. The van der Waals surface area contributed by atoms with Crippen molar-refractivity contribution in [2.45, 2.75) is 24.0 Å². The highest BCUT2D eigenvalue weighted by Gasteiger charge is 2.28. The molecule has 0 N–H and O–H groups in total. The second-order valence-corrected chi connectivity index (χ2v) is 7.36. The van der Waals surface area contributed by atoms with Gasteiger partial charge < -0.3 is 0 Å². The van der Waals surface area contributed by atoms with Crippen LogP contribution < -0.4 is 5.56 Å². The summed E-state index contributed by atoms with van der Waals surface area (Å²) in [5.74, 6) is 0.127. The first-order valence-corrected chi connectivity index (χ1v) is 9.43. The van der Waals surface area contributed by atoms with Crippen LogP contribution in [0.2, 0.25) is 5.02 Å². The maximum absolute atomic E-state index is 12.8. The van der Waals surface area contributed by atoms with Crippen LogP contribution in [0.15, 0.2) is 58.5 Å². The van der Waals surface area contributed by atoms with Crippen molar-refractivity contribution in [3.8, 4) is 0 Å². The van der Waals surface area contributed by atoms with E-state index in [2.05, 4.69) is 4.98 Å². The summed E-state index contributed by atoms with van der Waals surface area (Å²) in [5, 5.41) is 1.67. The third kappa shape index (κ3) is 3.22. The molecule has 3 aromatic rings. The van der Waals surface area contributed by atoms with Crippen molar-refractivity contribution in [3.05, 3.63) is 69.5 Å². The van der Waals surface area contributed by atoms with Gasteiger partial charge in [0.25, 0.3) is 5.56 Å². The van der Waals surface area contributed by atoms with E-state index in [4.69, 9.17) is 11.6 Å². The average Bonchev–Trinajstić information content (AvgIpc) is 3.45. The Balaban J connectivity index is 1.67. The SMILES string of the molecule is O=C(CSc1nc2ccccc2c(=O)n1C1CC1)c1ccccc1Cl. The molecule has 2 aromatic carbocycles. The van der Waals surface area contributed by atoms with Gasteiger partial charge in [-0.15, -0.1) is 0 Å². The zero-order valence-electron chi connectivity index (χ0n) is 13.3. The highest BCUT2D eigenvalue weighted by atomic mass is 35.5. The fourth-order valence-corrected chi connectivity index (χ4v) is 3.97. The minimum absolute atomic E-state index is 0.0270. The summed E-state index contributed by atoms with van der Waals surface area (Å²) in [5.41, 5.74) is 1.13. The van der Waals surface area contributed by atoms with Crippen molar-refractivity contribution in [1.82, 2.24) is 9.55 Å². The Morgan fingerprint density at radius 1 is 1.16 bits per heavy atom. The Morgan fingerprint density at radius 3 is 2.64 bits per heavy atom. The second-order valence-electron chi connectivity index (χ2n) is 6.01. The highest BCUT2D eigenvalue weighted by Crippen LogP contribution is 2.37. The van der Waals surface area contributed by atoms with E-state index in [1.807, 2.05) is 18.2 Å². The maximum atomic E-state index is 12.8. The fraction of sp³-hybridized carbons (Fsp3) is 0.211. The molecule has 1 heterocycles. The summed E-state index contributed by atoms with van der Waals surface area (Å²) < 4.78 is 1.74. The zero-order chi connectivity index (χ0) is 17.4. The number of hydrogen-bond acceptors (Lipinski definition) is 4. The number of nitrogens with zero attached hydrogens (tertiary/aromatic N) is 2. The van der Waals surface area contributed by atoms with Crippen molar-refractivity contribution in [3.63, 3.8) is 0 Å². The van der Waals surface area contributed by atoms with Crippen LogP contribution in [0.25, 0.3) is 10.9 Å². The lowest BCUT2D eigenvalue weighted by Gasteiger charge is -2.12. The molecule has 0 bridgehead atoms. The van der Waals surface area contributed by atoms with Crippen LogP contribution in [0.1, 0.15) is 29.2 Å². The number of benzene rings is 2. The molecule has 0 radical (unpaired) electrons. The summed E-state index contributed by atoms with van der Waals surface area (Å²) in [6, 6.07) is 14.5. The number of thioether (sulfide) groups is 1. The molecule has 6 heteroatoms. The number of carbonyl (C=O) groups is 1. The Kier molecular flexibility index (Phi) is 4.36. The summed E-state index contributed by atoms with van der Waals surface area (Å²) in [6.07, 6.45) is 1.96. The molecule has 4 nitrogen and oxygen atoms in total. The van der Waals surface area contributed by atoms with E-state index in [-0.39, 0.29) is 23.1 Å². The van der Waals surface area contributed by atoms with Crippen molar-refractivity contribution in [1.29, 1.82) is 0 Å². The molecular formula is C19H15ClN2O2S. The molecule has 1 fully saturated rings. The highest BCUT2D eigenvalue weighted by molar-refractivity contribution is 7.99. The van der Waals surface area contributed by atoms with Gasteiger partial charge in [-0.25, -0.2) is 4.98 Å². The molecule has 1 aromatic heterocycles. The largest absolute Gasteiger partial charge is 0.293 e. The molecule has 1 saturated carbocycles. The van der Waals surface area contributed by atoms with Crippen molar-refractivity contribution >= 4 is 40.0 Å². The van der Waals surface area contributed by atoms with Crippen LogP contribution in [0.4, 0.5) is 0 Å². The molecule has 0 amide bonds. The van der Waals surface area contributed by atoms with Gasteiger partial charge in [-0.2, -0.15) is 0 Å². The first kappa shape index (κ1) is 16.4. The molecule has 1 aliphatic carbocycles. The molecule has 1 aliphatic rings. The average molecular weight is 371 g/mol. The number of hydrogen-bond donors (Lipinski definition) is 0. The maximum Gasteiger partial charge on any atom is 0.262 e. The van der Waals surface area contributed by atoms with Crippen LogP contribution in [0.5, 0.6) is 0 Å². The Labute approximate surface area is 153 Å². The lowest BCUT2D eigenvalue weighted by molar-refractivity contribution is 0.102. The van der Waals surface area contributed by atoms with Gasteiger partial charge in [-0.3, -0.25) is 14.2 Å². The Hall–Kier alpha value is -2.11. The van der Waals surface area contributed by atoms with Gasteiger partial charge in [-0.1, -0.05) is 47.6 Å². The van der Waals surface area contributed by atoms with E-state index in [1.165, 1.54) is 11.8 Å². The Bertz CT molecular complexity index is 1030. The molecular weight excluding hydrogens is 356 g/mol. The predicted octanol–water partition coefficient (Wildman–Crippen LogP) is 4.36. The molecule has 0 unspecified atom stereocenters. The van der Waals surface area contributed by atoms with E-state index in [0.29, 0.717) is 26.6 Å². The molecule has 0 spiro atoms. The van der Waals surface area contributed by atoms with Gasteiger partial charge >= 0.3 is 0 Å². The van der Waals surface area contributed by atoms with Crippen LogP contribution in [-0.2, 0) is 0 Å². The van der Waals surface area contributed by atoms with Crippen LogP contribution in [-0.4, -0.2) is 21.1 Å². The van der Waals surface area contributed by atoms with E-state index in [9.17, 15) is 9.59 Å². The van der Waals surface area contributed by atoms with Gasteiger partial charge in [0.2, 0.25) is 0 Å². The van der Waals surface area contributed by atoms with E-state index >= 15 is 0 Å². The smallest absolute Gasteiger partial charge is 0.262 e. The van der Waals surface area contributed by atoms with Crippen LogP contribution in [0, 0.1) is 0 Å². The van der Waals surface area contributed by atoms with E-state index in [1.54, 1.807) is 34.9 Å². The molecule has 0 saturated heterocycles. The quantitative estimate of drug-likeness (QED) is 0.380. The van der Waals surface area contributed by atoms with E-state index < -0.39 is 0 Å².